The second kappa shape index (κ2) is 7.83. The number of alkyl carbamates (subject to hydrolysis) is 1. The van der Waals surface area contributed by atoms with Crippen molar-refractivity contribution in [1.29, 1.82) is 0 Å². The summed E-state index contributed by atoms with van der Waals surface area (Å²) in [6.07, 6.45) is 4.80. The summed E-state index contributed by atoms with van der Waals surface area (Å²) in [5.74, 6) is 0. The van der Waals surface area contributed by atoms with Crippen molar-refractivity contribution in [2.75, 3.05) is 12.3 Å². The number of carbonyl (C=O) groups is 1. The summed E-state index contributed by atoms with van der Waals surface area (Å²) >= 11 is 0. The van der Waals surface area contributed by atoms with E-state index in [-0.39, 0.29) is 6.61 Å². The molecule has 0 fully saturated rings. The van der Waals surface area contributed by atoms with Crippen LogP contribution in [0.2, 0.25) is 0 Å². The summed E-state index contributed by atoms with van der Waals surface area (Å²) in [5.41, 5.74) is 9.10. The first-order valence-electron chi connectivity index (χ1n) is 6.98. The van der Waals surface area contributed by atoms with Crippen molar-refractivity contribution in [3.8, 4) is 0 Å². The molecule has 5 heteroatoms. The molecule has 0 bridgehead atoms. The van der Waals surface area contributed by atoms with Crippen LogP contribution in [0.3, 0.4) is 0 Å². The molecular formula is C17H19N3O2. The van der Waals surface area contributed by atoms with Gasteiger partial charge in [0.25, 0.3) is 0 Å². The molecule has 2 aromatic rings. The van der Waals surface area contributed by atoms with Crippen LogP contribution >= 0.6 is 0 Å². The third-order valence-corrected chi connectivity index (χ3v) is 3.04. The van der Waals surface area contributed by atoms with E-state index in [0.29, 0.717) is 12.2 Å². The Morgan fingerprint density at radius 3 is 2.86 bits per heavy atom. The molecule has 0 aliphatic rings. The molecule has 5 nitrogen and oxygen atoms in total. The van der Waals surface area contributed by atoms with E-state index in [2.05, 4.69) is 10.3 Å². The van der Waals surface area contributed by atoms with Gasteiger partial charge in [-0.1, -0.05) is 36.4 Å². The highest BCUT2D eigenvalue weighted by molar-refractivity contribution is 5.67. The predicted octanol–water partition coefficient (Wildman–Crippen LogP) is 2.91. The molecule has 0 aliphatic heterocycles. The van der Waals surface area contributed by atoms with Crippen molar-refractivity contribution in [2.24, 2.45) is 0 Å². The fourth-order valence-electron chi connectivity index (χ4n) is 1.78. The topological polar surface area (TPSA) is 77.2 Å². The van der Waals surface area contributed by atoms with Crippen molar-refractivity contribution < 1.29 is 9.53 Å². The van der Waals surface area contributed by atoms with Gasteiger partial charge in [-0.05, 0) is 30.2 Å². The number of nitrogen functional groups attached to an aromatic ring is 1. The van der Waals surface area contributed by atoms with E-state index in [4.69, 9.17) is 10.5 Å². The molecule has 1 heterocycles. The van der Waals surface area contributed by atoms with Crippen LogP contribution in [0.4, 0.5) is 10.5 Å². The lowest BCUT2D eigenvalue weighted by Gasteiger charge is -2.05. The van der Waals surface area contributed by atoms with E-state index in [9.17, 15) is 4.79 Å². The smallest absolute Gasteiger partial charge is 0.407 e. The highest BCUT2D eigenvalue weighted by atomic mass is 16.5. The number of ether oxygens (including phenoxy) is 1. The lowest BCUT2D eigenvalue weighted by Crippen LogP contribution is -2.24. The summed E-state index contributed by atoms with van der Waals surface area (Å²) in [7, 11) is 0. The first-order valence-corrected chi connectivity index (χ1v) is 6.98. The van der Waals surface area contributed by atoms with Gasteiger partial charge in [-0.2, -0.15) is 0 Å². The molecule has 1 aromatic heterocycles. The Balaban J connectivity index is 1.72. The number of aryl methyl sites for hydroxylation is 1. The first kappa shape index (κ1) is 15.6. The highest BCUT2D eigenvalue weighted by Crippen LogP contribution is 2.10. The molecule has 0 saturated heterocycles. The van der Waals surface area contributed by atoms with Gasteiger partial charge < -0.3 is 15.8 Å². The van der Waals surface area contributed by atoms with Gasteiger partial charge in [0, 0.05) is 6.54 Å². The number of rotatable bonds is 5. The summed E-state index contributed by atoms with van der Waals surface area (Å²) < 4.78 is 5.10. The zero-order chi connectivity index (χ0) is 15.8. The Hall–Kier alpha value is -2.82. The number of benzene rings is 1. The number of nitrogens with zero attached hydrogens (tertiary/aromatic N) is 1. The summed E-state index contributed by atoms with van der Waals surface area (Å²) in [5, 5.41) is 2.65. The monoisotopic (exact) mass is 297 g/mol. The number of anilines is 1. The standard InChI is InChI=1S/C17H19N3O2/c1-13-10-15(20-11-16(13)18)8-5-9-19-17(21)22-12-14-6-3-2-4-7-14/h2-8,10-11H,9,12,18H2,1H3,(H,19,21). The molecule has 0 atom stereocenters. The number of nitrogens with one attached hydrogen (secondary N) is 1. The Morgan fingerprint density at radius 1 is 1.36 bits per heavy atom. The molecule has 3 N–H and O–H groups in total. The fourth-order valence-corrected chi connectivity index (χ4v) is 1.78. The van der Waals surface area contributed by atoms with E-state index < -0.39 is 6.09 Å². The molecular weight excluding hydrogens is 278 g/mol. The molecule has 0 saturated carbocycles. The summed E-state index contributed by atoms with van der Waals surface area (Å²) in [6.45, 7) is 2.56. The van der Waals surface area contributed by atoms with Gasteiger partial charge in [0.05, 0.1) is 17.6 Å². The summed E-state index contributed by atoms with van der Waals surface area (Å²) in [4.78, 5) is 15.7. The third kappa shape index (κ3) is 4.94. The van der Waals surface area contributed by atoms with Gasteiger partial charge in [0.1, 0.15) is 6.61 Å². The minimum absolute atomic E-state index is 0.259. The molecule has 0 unspecified atom stereocenters. The fraction of sp³-hybridized carbons (Fsp3) is 0.176. The van der Waals surface area contributed by atoms with Gasteiger partial charge in [0.2, 0.25) is 0 Å². The molecule has 1 amide bonds. The molecule has 0 radical (unpaired) electrons. The van der Waals surface area contributed by atoms with Crippen molar-refractivity contribution in [3.05, 3.63) is 65.5 Å². The molecule has 0 spiro atoms. The highest BCUT2D eigenvalue weighted by Gasteiger charge is 2.00. The van der Waals surface area contributed by atoms with Gasteiger partial charge >= 0.3 is 6.09 Å². The summed E-state index contributed by atoms with van der Waals surface area (Å²) in [6, 6.07) is 11.4. The Morgan fingerprint density at radius 2 is 2.14 bits per heavy atom. The largest absolute Gasteiger partial charge is 0.445 e. The number of aromatic nitrogens is 1. The quantitative estimate of drug-likeness (QED) is 0.889. The normalized spacial score (nSPS) is 10.6. The second-order valence-electron chi connectivity index (χ2n) is 4.81. The number of pyridine rings is 1. The number of amides is 1. The predicted molar refractivity (Wildman–Crippen MR) is 87.1 cm³/mol. The number of hydrogen-bond donors (Lipinski definition) is 2. The van der Waals surface area contributed by atoms with Crippen LogP contribution in [-0.2, 0) is 11.3 Å². The first-order chi connectivity index (χ1) is 10.6. The van der Waals surface area contributed by atoms with Crippen LogP contribution < -0.4 is 11.1 Å². The molecule has 2 rings (SSSR count). The Labute approximate surface area is 129 Å². The molecule has 114 valence electrons. The zero-order valence-corrected chi connectivity index (χ0v) is 12.5. The maximum absolute atomic E-state index is 11.5. The number of carbonyl (C=O) groups excluding carboxylic acids is 1. The lowest BCUT2D eigenvalue weighted by molar-refractivity contribution is 0.141. The van der Waals surface area contributed by atoms with E-state index in [1.54, 1.807) is 6.20 Å². The average molecular weight is 297 g/mol. The van der Waals surface area contributed by atoms with E-state index >= 15 is 0 Å². The average Bonchev–Trinajstić information content (AvgIpc) is 2.54. The van der Waals surface area contributed by atoms with Gasteiger partial charge in [-0.25, -0.2) is 4.79 Å². The molecule has 0 aliphatic carbocycles. The van der Waals surface area contributed by atoms with Gasteiger partial charge in [-0.15, -0.1) is 0 Å². The van der Waals surface area contributed by atoms with Crippen LogP contribution in [0.5, 0.6) is 0 Å². The van der Waals surface area contributed by atoms with Crippen molar-refractivity contribution in [1.82, 2.24) is 10.3 Å². The van der Waals surface area contributed by atoms with Crippen LogP contribution in [0, 0.1) is 6.92 Å². The van der Waals surface area contributed by atoms with Gasteiger partial charge in [-0.3, -0.25) is 4.98 Å². The second-order valence-corrected chi connectivity index (χ2v) is 4.81. The zero-order valence-electron chi connectivity index (χ0n) is 12.5. The lowest BCUT2D eigenvalue weighted by atomic mass is 10.2. The van der Waals surface area contributed by atoms with Crippen LogP contribution in [0.25, 0.3) is 6.08 Å². The SMILES string of the molecule is Cc1cc(C=CCNC(=O)OCc2ccccc2)ncc1N. The maximum Gasteiger partial charge on any atom is 0.407 e. The maximum atomic E-state index is 11.5. The Kier molecular flexibility index (Phi) is 5.54. The van der Waals surface area contributed by atoms with Crippen molar-refractivity contribution in [3.63, 3.8) is 0 Å². The van der Waals surface area contributed by atoms with Gasteiger partial charge in [0.15, 0.2) is 0 Å². The number of nitrogens with two attached hydrogens (primary N) is 1. The molecule has 22 heavy (non-hydrogen) atoms. The minimum Gasteiger partial charge on any atom is -0.445 e. The Bertz CT molecular complexity index is 654. The van der Waals surface area contributed by atoms with Crippen LogP contribution in [0.15, 0.2) is 48.7 Å². The third-order valence-electron chi connectivity index (χ3n) is 3.04. The van der Waals surface area contributed by atoms with E-state index in [1.807, 2.05) is 55.5 Å². The van der Waals surface area contributed by atoms with Crippen molar-refractivity contribution in [2.45, 2.75) is 13.5 Å². The molecule has 1 aromatic carbocycles. The van der Waals surface area contributed by atoms with Crippen LogP contribution in [-0.4, -0.2) is 17.6 Å². The van der Waals surface area contributed by atoms with E-state index in [0.717, 1.165) is 16.8 Å². The minimum atomic E-state index is -0.449. The van der Waals surface area contributed by atoms with Crippen LogP contribution in [0.1, 0.15) is 16.8 Å². The van der Waals surface area contributed by atoms with Crippen molar-refractivity contribution >= 4 is 17.9 Å². The number of hydrogen-bond acceptors (Lipinski definition) is 4. The van der Waals surface area contributed by atoms with E-state index in [1.165, 1.54) is 0 Å².